The number of benzene rings is 1. The first kappa shape index (κ1) is 16.4. The largest absolute Gasteiger partial charge is 0.507 e. The van der Waals surface area contributed by atoms with Gasteiger partial charge in [-0.05, 0) is 36.0 Å². The topological polar surface area (TPSA) is 107 Å². The molecule has 4 N–H and O–H groups in total. The van der Waals surface area contributed by atoms with Gasteiger partial charge in [-0.15, -0.1) is 0 Å². The van der Waals surface area contributed by atoms with Gasteiger partial charge in [0.2, 0.25) is 0 Å². The van der Waals surface area contributed by atoms with Crippen molar-refractivity contribution in [2.24, 2.45) is 10.2 Å². The number of carbonyl (C=O) groups is 1. The molecule has 0 radical (unpaired) electrons. The molecule has 21 heavy (non-hydrogen) atoms. The van der Waals surface area contributed by atoms with Crippen LogP contribution < -0.4 is 16.2 Å². The Hall–Kier alpha value is -2.68. The lowest BCUT2D eigenvalue weighted by atomic mass is 10.1. The summed E-state index contributed by atoms with van der Waals surface area (Å²) in [4.78, 5) is 10.8. The van der Waals surface area contributed by atoms with Gasteiger partial charge >= 0.3 is 6.09 Å². The van der Waals surface area contributed by atoms with Gasteiger partial charge in [-0.2, -0.15) is 10.2 Å². The molecule has 0 saturated carbocycles. The van der Waals surface area contributed by atoms with Crippen LogP contribution in [0.15, 0.2) is 28.4 Å². The summed E-state index contributed by atoms with van der Waals surface area (Å²) in [7, 11) is 2.90. The average Bonchev–Trinajstić information content (AvgIpc) is 2.49. The van der Waals surface area contributed by atoms with Crippen LogP contribution in [-0.2, 0) is 4.74 Å². The van der Waals surface area contributed by atoms with E-state index in [4.69, 9.17) is 12.2 Å². The number of methoxy groups -OCH3 is 1. The first-order valence-corrected chi connectivity index (χ1v) is 6.18. The first-order valence-electron chi connectivity index (χ1n) is 5.77. The third-order valence-electron chi connectivity index (χ3n) is 2.20. The zero-order valence-electron chi connectivity index (χ0n) is 11.5. The van der Waals surface area contributed by atoms with Crippen LogP contribution in [0.5, 0.6) is 5.75 Å². The normalized spacial score (nSPS) is 10.6. The van der Waals surface area contributed by atoms with Crippen LogP contribution in [0, 0.1) is 0 Å². The molecule has 0 aromatic heterocycles. The molecule has 0 aliphatic carbocycles. The van der Waals surface area contributed by atoms with Crippen molar-refractivity contribution in [3.05, 3.63) is 29.3 Å². The molecular weight excluding hydrogens is 294 g/mol. The maximum Gasteiger partial charge on any atom is 0.427 e. The number of ether oxygens (including phenoxy) is 1. The van der Waals surface area contributed by atoms with Crippen molar-refractivity contribution in [2.75, 3.05) is 14.2 Å². The third kappa shape index (κ3) is 5.87. The lowest BCUT2D eigenvalue weighted by Gasteiger charge is -2.02. The lowest BCUT2D eigenvalue weighted by molar-refractivity contribution is 0.171. The van der Waals surface area contributed by atoms with E-state index in [0.717, 1.165) is 0 Å². The molecule has 1 aromatic rings. The van der Waals surface area contributed by atoms with Gasteiger partial charge in [0.25, 0.3) is 0 Å². The monoisotopic (exact) mass is 309 g/mol. The predicted octanol–water partition coefficient (Wildman–Crippen LogP) is 0.510. The van der Waals surface area contributed by atoms with Gasteiger partial charge in [-0.1, -0.05) is 0 Å². The predicted molar refractivity (Wildman–Crippen MR) is 83.6 cm³/mol. The van der Waals surface area contributed by atoms with Crippen molar-refractivity contribution in [1.82, 2.24) is 16.2 Å². The molecule has 0 atom stereocenters. The van der Waals surface area contributed by atoms with Crippen molar-refractivity contribution in [3.8, 4) is 5.75 Å². The van der Waals surface area contributed by atoms with E-state index in [9.17, 15) is 9.90 Å². The number of phenolic OH excluding ortho intramolecular Hbond substituents is 1. The van der Waals surface area contributed by atoms with Crippen LogP contribution in [-0.4, -0.2) is 42.9 Å². The van der Waals surface area contributed by atoms with Gasteiger partial charge in [0.05, 0.1) is 19.5 Å². The molecule has 0 fully saturated rings. The number of nitrogens with zero attached hydrogens (tertiary/aromatic N) is 2. The summed E-state index contributed by atoms with van der Waals surface area (Å²) in [6, 6.07) is 4.74. The minimum absolute atomic E-state index is 0.0500. The Balaban J connectivity index is 2.75. The summed E-state index contributed by atoms with van der Waals surface area (Å²) in [5.41, 5.74) is 5.84. The molecule has 0 heterocycles. The number of hydrazone groups is 2. The number of thiocarbonyl (C=S) groups is 1. The van der Waals surface area contributed by atoms with Crippen LogP contribution in [0.3, 0.4) is 0 Å². The molecule has 0 aliphatic heterocycles. The van der Waals surface area contributed by atoms with Crippen LogP contribution in [0.2, 0.25) is 0 Å². The van der Waals surface area contributed by atoms with E-state index in [1.807, 2.05) is 0 Å². The molecule has 1 amide bonds. The number of aromatic hydroxyl groups is 1. The number of rotatable bonds is 4. The molecule has 1 aromatic carbocycles. The fourth-order valence-corrected chi connectivity index (χ4v) is 1.23. The average molecular weight is 309 g/mol. The van der Waals surface area contributed by atoms with Crippen molar-refractivity contribution < 1.29 is 14.6 Å². The molecule has 0 aliphatic rings. The smallest absolute Gasteiger partial charge is 0.427 e. The summed E-state index contributed by atoms with van der Waals surface area (Å²) in [6.45, 7) is 0. The Morgan fingerprint density at radius 1 is 1.33 bits per heavy atom. The molecular formula is C12H15N5O3S. The van der Waals surface area contributed by atoms with Crippen molar-refractivity contribution in [3.63, 3.8) is 0 Å². The number of hydrogen-bond acceptors (Lipinski definition) is 6. The minimum Gasteiger partial charge on any atom is -0.507 e. The van der Waals surface area contributed by atoms with Crippen LogP contribution >= 0.6 is 12.2 Å². The second-order valence-electron chi connectivity index (χ2n) is 3.63. The van der Waals surface area contributed by atoms with E-state index >= 15 is 0 Å². The quantitative estimate of drug-likeness (QED) is 0.367. The van der Waals surface area contributed by atoms with Crippen LogP contribution in [0.4, 0.5) is 4.79 Å². The standard InChI is InChI=1S/C12H15N5O3S/c1-13-11(21)16-15-7-9-5-8(3-4-10(9)18)6-14-17-12(19)20-2/h3-7,18H,1-2H3,(H,17,19)(H2,13,16,21). The third-order valence-corrected chi connectivity index (χ3v) is 2.50. The number of hydrogen-bond donors (Lipinski definition) is 4. The van der Waals surface area contributed by atoms with E-state index in [1.165, 1.54) is 25.6 Å². The maximum absolute atomic E-state index is 10.8. The Bertz CT molecular complexity index is 574. The molecule has 0 unspecified atom stereocenters. The maximum atomic E-state index is 10.8. The fraction of sp³-hybridized carbons (Fsp3) is 0.167. The molecule has 112 valence electrons. The Kier molecular flexibility index (Phi) is 6.61. The highest BCUT2D eigenvalue weighted by molar-refractivity contribution is 7.80. The Morgan fingerprint density at radius 2 is 2.05 bits per heavy atom. The first-order chi connectivity index (χ1) is 10.1. The zero-order chi connectivity index (χ0) is 15.7. The number of carbonyl (C=O) groups excluding carboxylic acids is 1. The summed E-state index contributed by atoms with van der Waals surface area (Å²) in [5, 5.41) is 20.3. The van der Waals surface area contributed by atoms with Gasteiger partial charge in [0.1, 0.15) is 5.75 Å². The molecule has 0 spiro atoms. The fourth-order valence-electron chi connectivity index (χ4n) is 1.18. The highest BCUT2D eigenvalue weighted by Crippen LogP contribution is 2.15. The molecule has 9 heteroatoms. The number of nitrogens with one attached hydrogen (secondary N) is 3. The second-order valence-corrected chi connectivity index (χ2v) is 4.04. The Morgan fingerprint density at radius 3 is 2.71 bits per heavy atom. The van der Waals surface area contributed by atoms with Crippen LogP contribution in [0.25, 0.3) is 0 Å². The van der Waals surface area contributed by atoms with E-state index in [-0.39, 0.29) is 5.75 Å². The SMILES string of the molecule is CNC(=S)NN=Cc1cc(C=NNC(=O)OC)ccc1O. The van der Waals surface area contributed by atoms with Crippen molar-refractivity contribution in [2.45, 2.75) is 0 Å². The summed E-state index contributed by atoms with van der Waals surface area (Å²) in [5.74, 6) is 0.0500. The summed E-state index contributed by atoms with van der Waals surface area (Å²) >= 11 is 4.85. The van der Waals surface area contributed by atoms with Crippen LogP contribution in [0.1, 0.15) is 11.1 Å². The number of phenols is 1. The molecule has 8 nitrogen and oxygen atoms in total. The van der Waals surface area contributed by atoms with Crippen molar-refractivity contribution >= 4 is 35.9 Å². The van der Waals surface area contributed by atoms with E-state index in [1.54, 1.807) is 19.2 Å². The zero-order valence-corrected chi connectivity index (χ0v) is 12.3. The van der Waals surface area contributed by atoms with Gasteiger partial charge < -0.3 is 15.2 Å². The molecule has 0 saturated heterocycles. The summed E-state index contributed by atoms with van der Waals surface area (Å²) < 4.78 is 4.37. The van der Waals surface area contributed by atoms with Gasteiger partial charge in [-0.3, -0.25) is 5.43 Å². The summed E-state index contributed by atoms with van der Waals surface area (Å²) in [6.07, 6.45) is 2.14. The molecule has 1 rings (SSSR count). The van der Waals surface area contributed by atoms with E-state index in [2.05, 4.69) is 31.1 Å². The molecule has 0 bridgehead atoms. The van der Waals surface area contributed by atoms with E-state index in [0.29, 0.717) is 16.2 Å². The van der Waals surface area contributed by atoms with Gasteiger partial charge in [0, 0.05) is 12.6 Å². The number of amides is 1. The highest BCUT2D eigenvalue weighted by Gasteiger charge is 2.00. The Labute approximate surface area is 126 Å². The van der Waals surface area contributed by atoms with Gasteiger partial charge in [0.15, 0.2) is 5.11 Å². The lowest BCUT2D eigenvalue weighted by Crippen LogP contribution is -2.28. The van der Waals surface area contributed by atoms with E-state index < -0.39 is 6.09 Å². The highest BCUT2D eigenvalue weighted by atomic mass is 32.1. The second kappa shape index (κ2) is 8.48. The van der Waals surface area contributed by atoms with Gasteiger partial charge in [-0.25, -0.2) is 10.2 Å². The van der Waals surface area contributed by atoms with Crippen molar-refractivity contribution in [1.29, 1.82) is 0 Å². The minimum atomic E-state index is -0.670.